The van der Waals surface area contributed by atoms with Crippen LogP contribution in [0, 0.1) is 16.7 Å². The molecule has 1 atom stereocenters. The van der Waals surface area contributed by atoms with Crippen LogP contribution in [-0.2, 0) is 32.4 Å². The van der Waals surface area contributed by atoms with Crippen LogP contribution in [0.1, 0.15) is 62.6 Å². The average Bonchev–Trinajstić information content (AvgIpc) is 2.97. The summed E-state index contributed by atoms with van der Waals surface area (Å²) in [4.78, 5) is 17.1. The molecule has 0 unspecified atom stereocenters. The highest BCUT2D eigenvalue weighted by Crippen LogP contribution is 2.42. The van der Waals surface area contributed by atoms with Gasteiger partial charge in [-0.2, -0.15) is 26.9 Å². The number of aliphatic hydroxyl groups excluding tert-OH is 1. The van der Waals surface area contributed by atoms with Crippen LogP contribution in [0.4, 0.5) is 18.9 Å². The molecule has 2 aromatic carbocycles. The van der Waals surface area contributed by atoms with Crippen LogP contribution < -0.4 is 4.72 Å². The second-order valence-corrected chi connectivity index (χ2v) is 13.7. The van der Waals surface area contributed by atoms with E-state index in [-0.39, 0.29) is 46.9 Å². The summed E-state index contributed by atoms with van der Waals surface area (Å²) in [7, 11) is -4.03. The molecule has 0 saturated carbocycles. The molecule has 0 saturated heterocycles. The van der Waals surface area contributed by atoms with Crippen molar-refractivity contribution in [3.63, 3.8) is 0 Å². The van der Waals surface area contributed by atoms with Gasteiger partial charge in [0.25, 0.3) is 10.0 Å². The maximum atomic E-state index is 13.3. The summed E-state index contributed by atoms with van der Waals surface area (Å²) >= 11 is 0. The Bertz CT molecular complexity index is 1700. The predicted octanol–water partition coefficient (Wildman–Crippen LogP) is 7.19. The summed E-state index contributed by atoms with van der Waals surface area (Å²) < 4.78 is 73.5. The highest BCUT2D eigenvalue weighted by molar-refractivity contribution is 7.92. The van der Waals surface area contributed by atoms with Gasteiger partial charge in [0.1, 0.15) is 17.4 Å². The van der Waals surface area contributed by atoms with Crippen molar-refractivity contribution in [3.8, 4) is 6.07 Å². The number of benzene rings is 2. The van der Waals surface area contributed by atoms with Crippen molar-refractivity contribution >= 4 is 21.7 Å². The second-order valence-electron chi connectivity index (χ2n) is 12.1. The smallest absolute Gasteiger partial charge is 0.389 e. The van der Waals surface area contributed by atoms with E-state index in [9.17, 15) is 31.5 Å². The molecule has 4 rings (SSSR count). The maximum absolute atomic E-state index is 13.3. The third-order valence-corrected chi connectivity index (χ3v) is 8.92. The van der Waals surface area contributed by atoms with Crippen LogP contribution in [0.25, 0.3) is 0 Å². The zero-order valence-corrected chi connectivity index (χ0v) is 25.7. The number of sulfonamides is 1. The Morgan fingerprint density at radius 2 is 1.73 bits per heavy atom. The van der Waals surface area contributed by atoms with Gasteiger partial charge in [-0.1, -0.05) is 56.3 Å². The number of esters is 1. The molecular weight excluding hydrogens is 607 g/mol. The first kappa shape index (κ1) is 33.5. The molecule has 1 aliphatic heterocycles. The molecular formula is C33H34F3N3O5S. The highest BCUT2D eigenvalue weighted by Gasteiger charge is 2.45. The molecule has 1 aliphatic rings. The molecule has 0 spiro atoms. The predicted molar refractivity (Wildman–Crippen MR) is 161 cm³/mol. The first-order valence-electron chi connectivity index (χ1n) is 14.3. The summed E-state index contributed by atoms with van der Waals surface area (Å²) in [6.07, 6.45) is -4.16. The lowest BCUT2D eigenvalue weighted by Crippen LogP contribution is -2.42. The molecule has 0 radical (unpaired) electrons. The van der Waals surface area contributed by atoms with Crippen molar-refractivity contribution < 1.29 is 36.2 Å². The van der Waals surface area contributed by atoms with Crippen LogP contribution in [0.5, 0.6) is 0 Å². The number of aromatic nitrogens is 1. The minimum absolute atomic E-state index is 0.0195. The lowest BCUT2D eigenvalue weighted by atomic mass is 9.77. The summed E-state index contributed by atoms with van der Waals surface area (Å²) in [5, 5.41) is 19.7. The number of aliphatic hydroxyl groups is 1. The molecule has 0 fully saturated rings. The van der Waals surface area contributed by atoms with Gasteiger partial charge in [0.15, 0.2) is 5.03 Å². The van der Waals surface area contributed by atoms with E-state index in [1.165, 1.54) is 12.1 Å². The fourth-order valence-corrected chi connectivity index (χ4v) is 6.42. The normalized spacial score (nSPS) is 17.5. The fraction of sp³-hybridized carbons (Fsp3) is 0.364. The molecule has 238 valence electrons. The minimum atomic E-state index is -4.45. The quantitative estimate of drug-likeness (QED) is 0.200. The van der Waals surface area contributed by atoms with E-state index in [1.54, 1.807) is 24.3 Å². The van der Waals surface area contributed by atoms with Gasteiger partial charge in [-0.25, -0.2) is 9.78 Å². The first-order chi connectivity index (χ1) is 21.1. The van der Waals surface area contributed by atoms with Crippen LogP contribution in [-0.4, -0.2) is 36.3 Å². The zero-order chi connectivity index (χ0) is 32.9. The van der Waals surface area contributed by atoms with Crippen molar-refractivity contribution in [2.45, 2.75) is 75.6 Å². The van der Waals surface area contributed by atoms with E-state index in [1.807, 2.05) is 50.2 Å². The van der Waals surface area contributed by atoms with E-state index < -0.39 is 46.0 Å². The zero-order valence-electron chi connectivity index (χ0n) is 24.9. The van der Waals surface area contributed by atoms with Gasteiger partial charge in [-0.05, 0) is 72.9 Å². The maximum Gasteiger partial charge on any atom is 0.389 e. The Kier molecular flexibility index (Phi) is 9.92. The number of pyridine rings is 1. The number of cyclic esters (lactones) is 1. The molecule has 45 heavy (non-hydrogen) atoms. The standard InChI is InChI=1S/C33H34F3N3O5S/c1-31(2,18-24-9-6-10-26(17-24)39-45(42,43)29-12-11-25(21-37)22-38-29)19-27-28(40)20-32(44-30(27)41,15-16-33(34,35)36)14-13-23-7-4-3-5-8-23/h3-12,17,22,39-40H,13-16,18-20H2,1-2H3/t32-/m1/s1. The Hall–Kier alpha value is -4.37. The lowest BCUT2D eigenvalue weighted by molar-refractivity contribution is -0.173. The summed E-state index contributed by atoms with van der Waals surface area (Å²) in [5.41, 5.74) is 0.0144. The van der Waals surface area contributed by atoms with Crippen LogP contribution >= 0.6 is 0 Å². The molecule has 12 heteroatoms. The van der Waals surface area contributed by atoms with E-state index in [2.05, 4.69) is 9.71 Å². The SMILES string of the molecule is CC(C)(CC1=C(O)C[C@@](CCc2ccccc2)(CCC(F)(F)F)OC1=O)Cc1cccc(NS(=O)(=O)c2ccc(C#N)cn2)c1. The van der Waals surface area contributed by atoms with Gasteiger partial charge in [0.05, 0.1) is 11.1 Å². The van der Waals surface area contributed by atoms with Gasteiger partial charge in [-0.15, -0.1) is 0 Å². The third kappa shape index (κ3) is 9.31. The van der Waals surface area contributed by atoms with Crippen molar-refractivity contribution in [2.75, 3.05) is 4.72 Å². The number of nitrogens with one attached hydrogen (secondary N) is 1. The summed E-state index contributed by atoms with van der Waals surface area (Å²) in [6, 6.07) is 20.3. The number of halogens is 3. The fourth-order valence-electron chi connectivity index (χ4n) is 5.44. The van der Waals surface area contributed by atoms with E-state index in [4.69, 9.17) is 10.00 Å². The number of anilines is 1. The van der Waals surface area contributed by atoms with Crippen molar-refractivity contribution in [2.24, 2.45) is 5.41 Å². The molecule has 2 heterocycles. The second kappa shape index (κ2) is 13.3. The van der Waals surface area contributed by atoms with Gasteiger partial charge in [0.2, 0.25) is 0 Å². The van der Waals surface area contributed by atoms with Crippen molar-refractivity contribution in [1.29, 1.82) is 5.26 Å². The van der Waals surface area contributed by atoms with Gasteiger partial charge in [0, 0.05) is 24.7 Å². The van der Waals surface area contributed by atoms with Gasteiger partial charge < -0.3 is 9.84 Å². The van der Waals surface area contributed by atoms with Crippen LogP contribution in [0.2, 0.25) is 0 Å². The molecule has 3 aromatic rings. The number of hydrogen-bond acceptors (Lipinski definition) is 7. The number of carbonyl (C=O) groups is 1. The Balaban J connectivity index is 1.48. The number of hydrogen-bond donors (Lipinski definition) is 2. The number of nitrogens with zero attached hydrogens (tertiary/aromatic N) is 2. The van der Waals surface area contributed by atoms with Gasteiger partial charge >= 0.3 is 12.1 Å². The van der Waals surface area contributed by atoms with E-state index in [0.717, 1.165) is 17.3 Å². The number of carbonyl (C=O) groups excluding carboxylic acids is 1. The van der Waals surface area contributed by atoms with Crippen molar-refractivity contribution in [3.05, 3.63) is 101 Å². The lowest BCUT2D eigenvalue weighted by Gasteiger charge is -2.39. The number of ether oxygens (including phenoxy) is 1. The molecule has 1 aromatic heterocycles. The summed E-state index contributed by atoms with van der Waals surface area (Å²) in [5.74, 6) is -1.11. The average molecular weight is 642 g/mol. The van der Waals surface area contributed by atoms with E-state index >= 15 is 0 Å². The highest BCUT2D eigenvalue weighted by atomic mass is 32.2. The van der Waals surface area contributed by atoms with Crippen LogP contribution in [0.15, 0.2) is 89.3 Å². The number of alkyl halides is 3. The van der Waals surface area contributed by atoms with E-state index in [0.29, 0.717) is 12.8 Å². The Morgan fingerprint density at radius 3 is 2.36 bits per heavy atom. The molecule has 2 N–H and O–H groups in total. The largest absolute Gasteiger partial charge is 0.512 e. The first-order valence-corrected chi connectivity index (χ1v) is 15.8. The van der Waals surface area contributed by atoms with Gasteiger partial charge in [-0.3, -0.25) is 4.72 Å². The number of rotatable bonds is 12. The number of aryl methyl sites for hydroxylation is 1. The summed E-state index contributed by atoms with van der Waals surface area (Å²) in [6.45, 7) is 3.72. The van der Waals surface area contributed by atoms with Crippen LogP contribution in [0.3, 0.4) is 0 Å². The third-order valence-electron chi connectivity index (χ3n) is 7.63. The Morgan fingerprint density at radius 1 is 1.02 bits per heavy atom. The topological polar surface area (TPSA) is 129 Å². The van der Waals surface area contributed by atoms with Crippen molar-refractivity contribution in [1.82, 2.24) is 4.98 Å². The minimum Gasteiger partial charge on any atom is -0.512 e. The Labute approximate surface area is 260 Å². The number of nitriles is 1. The molecule has 0 aliphatic carbocycles. The molecule has 8 nitrogen and oxygen atoms in total. The molecule has 0 amide bonds. The molecule has 0 bridgehead atoms. The monoisotopic (exact) mass is 641 g/mol.